The molecule has 0 atom stereocenters. The lowest BCUT2D eigenvalue weighted by atomic mass is 9.80. The molecule has 0 aromatic rings. The molecule has 1 saturated heterocycles. The zero-order valence-electron chi connectivity index (χ0n) is 12.4. The Kier molecular flexibility index (Phi) is 5.83. The predicted molar refractivity (Wildman–Crippen MR) is 77.4 cm³/mol. The normalized spacial score (nSPS) is 23.3. The summed E-state index contributed by atoms with van der Waals surface area (Å²) in [6.45, 7) is 7.64. The molecule has 0 bridgehead atoms. The minimum Gasteiger partial charge on any atom is -0.462 e. The van der Waals surface area contributed by atoms with E-state index in [1.165, 1.54) is 0 Å². The van der Waals surface area contributed by atoms with E-state index >= 15 is 0 Å². The topological polar surface area (TPSA) is 49.4 Å². The molecule has 1 aliphatic heterocycles. The molecule has 5 heteroatoms. The maximum Gasteiger partial charge on any atom is 0.306 e. The van der Waals surface area contributed by atoms with Crippen molar-refractivity contribution in [1.29, 1.82) is 0 Å². The highest BCUT2D eigenvalue weighted by Gasteiger charge is 2.47. The number of piperidine rings is 1. The molecule has 111 valence electrons. The molecule has 0 aromatic heterocycles. The first kappa shape index (κ1) is 16.9. The Bertz CT molecular complexity index is 300. The SMILES string of the molecule is CC1(C)CC(OC(=O)CCCCBr)CC(C)(C)N1[O]. The molecule has 0 aromatic carbocycles. The molecule has 0 saturated carbocycles. The minimum absolute atomic E-state index is 0.142. The second-order valence-electron chi connectivity index (χ2n) is 6.59. The number of carbonyl (C=O) groups is 1. The maximum absolute atomic E-state index is 12.2. The van der Waals surface area contributed by atoms with Gasteiger partial charge in [-0.15, -0.1) is 10.3 Å². The van der Waals surface area contributed by atoms with Crippen molar-refractivity contribution in [2.24, 2.45) is 0 Å². The van der Waals surface area contributed by atoms with Crippen LogP contribution in [0.2, 0.25) is 0 Å². The van der Waals surface area contributed by atoms with Gasteiger partial charge in [-0.25, -0.2) is 0 Å². The van der Waals surface area contributed by atoms with Crippen molar-refractivity contribution in [2.45, 2.75) is 77.0 Å². The van der Waals surface area contributed by atoms with Gasteiger partial charge < -0.3 is 4.74 Å². The van der Waals surface area contributed by atoms with Crippen molar-refractivity contribution in [3.63, 3.8) is 0 Å². The molecule has 19 heavy (non-hydrogen) atoms. The lowest BCUT2D eigenvalue weighted by molar-refractivity contribution is -0.299. The Labute approximate surface area is 124 Å². The van der Waals surface area contributed by atoms with Crippen LogP contribution in [0.15, 0.2) is 0 Å². The highest BCUT2D eigenvalue weighted by atomic mass is 79.9. The summed E-state index contributed by atoms with van der Waals surface area (Å²) in [5, 5.41) is 14.2. The van der Waals surface area contributed by atoms with E-state index in [0.29, 0.717) is 19.3 Å². The molecule has 1 rings (SSSR count). The molecule has 4 nitrogen and oxygen atoms in total. The summed E-state index contributed by atoms with van der Waals surface area (Å²) in [4.78, 5) is 11.8. The van der Waals surface area contributed by atoms with Crippen LogP contribution in [0, 0.1) is 0 Å². The zero-order chi connectivity index (χ0) is 14.7. The number of halogens is 1. The fraction of sp³-hybridized carbons (Fsp3) is 0.929. The standard InChI is InChI=1S/C14H25BrNO3/c1-13(2)9-11(10-14(3,4)16(13)18)19-12(17)7-5-6-8-15/h11H,5-10H2,1-4H3. The van der Waals surface area contributed by atoms with Crippen LogP contribution in [0.1, 0.15) is 59.8 Å². The van der Waals surface area contributed by atoms with Crippen LogP contribution in [0.4, 0.5) is 0 Å². The van der Waals surface area contributed by atoms with E-state index in [-0.39, 0.29) is 12.1 Å². The summed E-state index contributed by atoms with van der Waals surface area (Å²) in [5.41, 5.74) is -0.967. The van der Waals surface area contributed by atoms with Gasteiger partial charge in [0.1, 0.15) is 6.10 Å². The number of ether oxygens (including phenoxy) is 1. The van der Waals surface area contributed by atoms with E-state index in [4.69, 9.17) is 4.74 Å². The van der Waals surface area contributed by atoms with Gasteiger partial charge >= 0.3 is 5.97 Å². The quantitative estimate of drug-likeness (QED) is 0.439. The highest BCUT2D eigenvalue weighted by Crippen LogP contribution is 2.38. The number of unbranched alkanes of at least 4 members (excludes halogenated alkanes) is 1. The number of hydroxylamine groups is 2. The lowest BCUT2D eigenvalue weighted by Crippen LogP contribution is -2.60. The molecule has 1 radical (unpaired) electrons. The van der Waals surface area contributed by atoms with Gasteiger partial charge in [-0.3, -0.25) is 4.79 Å². The van der Waals surface area contributed by atoms with Crippen LogP contribution >= 0.6 is 15.9 Å². The summed E-state index contributed by atoms with van der Waals surface area (Å²) in [5.74, 6) is -0.142. The van der Waals surface area contributed by atoms with E-state index in [9.17, 15) is 10.0 Å². The van der Waals surface area contributed by atoms with Crippen molar-refractivity contribution in [1.82, 2.24) is 5.06 Å². The first-order valence-corrected chi connectivity index (χ1v) is 8.04. The van der Waals surface area contributed by atoms with Crippen molar-refractivity contribution in [3.05, 3.63) is 0 Å². The van der Waals surface area contributed by atoms with Crippen LogP contribution in [0.5, 0.6) is 0 Å². The largest absolute Gasteiger partial charge is 0.462 e. The van der Waals surface area contributed by atoms with E-state index < -0.39 is 11.1 Å². The van der Waals surface area contributed by atoms with Crippen molar-refractivity contribution < 1.29 is 14.7 Å². The maximum atomic E-state index is 12.2. The van der Waals surface area contributed by atoms with Crippen LogP contribution in [0.25, 0.3) is 0 Å². The monoisotopic (exact) mass is 334 g/mol. The number of nitrogens with zero attached hydrogens (tertiary/aromatic N) is 1. The van der Waals surface area contributed by atoms with Gasteiger partial charge in [-0.2, -0.15) is 0 Å². The third kappa shape index (κ3) is 4.72. The Morgan fingerprint density at radius 2 is 1.74 bits per heavy atom. The third-order valence-electron chi connectivity index (χ3n) is 3.62. The van der Waals surface area contributed by atoms with Crippen molar-refractivity contribution >= 4 is 21.9 Å². The molecular weight excluding hydrogens is 310 g/mol. The average molecular weight is 335 g/mol. The molecule has 0 spiro atoms. The second kappa shape index (κ2) is 6.55. The fourth-order valence-corrected chi connectivity index (χ4v) is 3.26. The number of carbonyl (C=O) groups excluding carboxylic acids is 1. The minimum atomic E-state index is -0.484. The number of hydrogen-bond donors (Lipinski definition) is 0. The summed E-state index contributed by atoms with van der Waals surface area (Å²) in [7, 11) is 0. The van der Waals surface area contributed by atoms with E-state index in [0.717, 1.165) is 23.2 Å². The van der Waals surface area contributed by atoms with Crippen LogP contribution in [-0.4, -0.2) is 33.5 Å². The van der Waals surface area contributed by atoms with E-state index in [1.807, 2.05) is 27.7 Å². The summed E-state index contributed by atoms with van der Waals surface area (Å²) in [6, 6.07) is 0. The Hall–Kier alpha value is -0.130. The Balaban J connectivity index is 2.53. The first-order valence-electron chi connectivity index (χ1n) is 6.92. The van der Waals surface area contributed by atoms with Gasteiger partial charge in [0.25, 0.3) is 0 Å². The molecule has 0 unspecified atom stereocenters. The van der Waals surface area contributed by atoms with Gasteiger partial charge in [-0.1, -0.05) is 15.9 Å². The molecule has 1 heterocycles. The summed E-state index contributed by atoms with van der Waals surface area (Å²) >= 11 is 3.34. The Morgan fingerprint density at radius 1 is 1.21 bits per heavy atom. The molecule has 0 amide bonds. The predicted octanol–water partition coefficient (Wildman–Crippen LogP) is 3.46. The lowest BCUT2D eigenvalue weighted by Gasteiger charge is -2.49. The van der Waals surface area contributed by atoms with E-state index in [2.05, 4.69) is 15.9 Å². The molecular formula is C14H25BrNO3. The van der Waals surface area contributed by atoms with Gasteiger partial charge in [0.2, 0.25) is 0 Å². The molecule has 1 aliphatic rings. The number of rotatable bonds is 5. The third-order valence-corrected chi connectivity index (χ3v) is 4.18. The number of alkyl halides is 1. The van der Waals surface area contributed by atoms with Crippen molar-refractivity contribution in [3.8, 4) is 0 Å². The molecule has 1 fully saturated rings. The Morgan fingerprint density at radius 3 is 2.21 bits per heavy atom. The summed E-state index contributed by atoms with van der Waals surface area (Å²) in [6.07, 6.45) is 3.34. The number of esters is 1. The van der Waals surface area contributed by atoms with Gasteiger partial charge in [0.15, 0.2) is 0 Å². The molecule has 0 N–H and O–H groups in total. The highest BCUT2D eigenvalue weighted by molar-refractivity contribution is 9.09. The summed E-state index contributed by atoms with van der Waals surface area (Å²) < 4.78 is 5.54. The fourth-order valence-electron chi connectivity index (χ4n) is 2.86. The number of hydrogen-bond acceptors (Lipinski definition) is 3. The average Bonchev–Trinajstić information content (AvgIpc) is 2.25. The van der Waals surface area contributed by atoms with E-state index in [1.54, 1.807) is 0 Å². The first-order chi connectivity index (χ1) is 8.69. The van der Waals surface area contributed by atoms with Gasteiger partial charge in [-0.05, 0) is 40.5 Å². The second-order valence-corrected chi connectivity index (χ2v) is 7.38. The molecule has 0 aliphatic carbocycles. The van der Waals surface area contributed by atoms with Crippen molar-refractivity contribution in [2.75, 3.05) is 5.33 Å². The smallest absolute Gasteiger partial charge is 0.306 e. The zero-order valence-corrected chi connectivity index (χ0v) is 14.0. The van der Waals surface area contributed by atoms with Crippen LogP contribution in [-0.2, 0) is 14.7 Å². The van der Waals surface area contributed by atoms with Gasteiger partial charge in [0.05, 0.1) is 0 Å². The van der Waals surface area contributed by atoms with Crippen LogP contribution < -0.4 is 0 Å². The van der Waals surface area contributed by atoms with Crippen LogP contribution in [0.3, 0.4) is 0 Å². The van der Waals surface area contributed by atoms with Gasteiger partial charge in [0, 0.05) is 35.7 Å².